The third-order valence-corrected chi connectivity index (χ3v) is 8.80. The number of halogens is 2. The van der Waals surface area contributed by atoms with Gasteiger partial charge in [-0.25, -0.2) is 13.8 Å². The second-order valence-electron chi connectivity index (χ2n) is 12.4. The zero-order chi connectivity index (χ0) is 34.1. The van der Waals surface area contributed by atoms with Crippen LogP contribution in [-0.4, -0.2) is 66.6 Å². The highest BCUT2D eigenvalue weighted by Crippen LogP contribution is 2.38. The van der Waals surface area contributed by atoms with E-state index in [1.165, 1.54) is 25.3 Å². The maximum Gasteiger partial charge on any atom is 0.227 e. The van der Waals surface area contributed by atoms with Crippen molar-refractivity contribution in [3.8, 4) is 11.3 Å². The van der Waals surface area contributed by atoms with Crippen LogP contribution in [0.3, 0.4) is 0 Å². The normalized spacial score (nSPS) is 15.6. The van der Waals surface area contributed by atoms with E-state index in [0.717, 1.165) is 78.4 Å². The molecule has 10 heteroatoms. The molecule has 3 aromatic rings. The van der Waals surface area contributed by atoms with E-state index in [-0.39, 0.29) is 18.4 Å². The first-order valence-corrected chi connectivity index (χ1v) is 17.0. The summed E-state index contributed by atoms with van der Waals surface area (Å²) in [7, 11) is 1.78. The molecule has 0 radical (unpaired) electrons. The molecule has 2 saturated heterocycles. The standard InChI is InChI=1S/C35H45F2N7O.C2H6/c1-23(2)39-25(4)26-13-12-24(3)28(20-26)32-29(21-38-5)34(44(22-45)33-30(36)10-9-11-31(33)37)41-35(40-32)43-18-14-27(15-19-43)42-16-7-6-8-17-42;1-2/h9-13,20,22-23,27,38-39H,4,6-8,14-19,21H2,1-3,5H3;1-2H3. The van der Waals surface area contributed by atoms with Crippen LogP contribution in [0.5, 0.6) is 0 Å². The van der Waals surface area contributed by atoms with Crippen LogP contribution in [0.25, 0.3) is 17.0 Å². The van der Waals surface area contributed by atoms with Crippen molar-refractivity contribution in [3.05, 3.63) is 71.3 Å². The highest BCUT2D eigenvalue weighted by Gasteiger charge is 2.30. The summed E-state index contributed by atoms with van der Waals surface area (Å²) in [4.78, 5) is 28.5. The molecule has 2 aromatic carbocycles. The average Bonchev–Trinajstić information content (AvgIpc) is 3.08. The summed E-state index contributed by atoms with van der Waals surface area (Å²) in [6.07, 6.45) is 6.16. The Bertz CT molecular complexity index is 1490. The van der Waals surface area contributed by atoms with Gasteiger partial charge in [0.05, 0.1) is 5.69 Å². The summed E-state index contributed by atoms with van der Waals surface area (Å²) in [5, 5.41) is 6.53. The Labute approximate surface area is 279 Å². The third-order valence-electron chi connectivity index (χ3n) is 8.80. The van der Waals surface area contributed by atoms with Gasteiger partial charge in [0, 0.05) is 48.5 Å². The van der Waals surface area contributed by atoms with Gasteiger partial charge in [-0.3, -0.25) is 9.69 Å². The van der Waals surface area contributed by atoms with Gasteiger partial charge in [0.25, 0.3) is 0 Å². The molecule has 8 nitrogen and oxygen atoms in total. The summed E-state index contributed by atoms with van der Waals surface area (Å²) < 4.78 is 30.3. The number of piperidine rings is 2. The molecule has 47 heavy (non-hydrogen) atoms. The Balaban J connectivity index is 0.00000245. The van der Waals surface area contributed by atoms with E-state index in [1.54, 1.807) is 7.05 Å². The highest BCUT2D eigenvalue weighted by molar-refractivity contribution is 5.89. The zero-order valence-electron chi connectivity index (χ0n) is 28.9. The number of rotatable bonds is 11. The van der Waals surface area contributed by atoms with E-state index in [0.29, 0.717) is 29.7 Å². The molecule has 2 fully saturated rings. The van der Waals surface area contributed by atoms with Crippen molar-refractivity contribution in [1.29, 1.82) is 0 Å². The van der Waals surface area contributed by atoms with E-state index < -0.39 is 17.3 Å². The number of hydrogen-bond acceptors (Lipinski definition) is 7. The first-order chi connectivity index (χ1) is 22.7. The van der Waals surface area contributed by atoms with Crippen LogP contribution >= 0.6 is 0 Å². The summed E-state index contributed by atoms with van der Waals surface area (Å²) in [5.41, 5.74) is 4.16. The lowest BCUT2D eigenvalue weighted by Crippen LogP contribution is -2.47. The third kappa shape index (κ3) is 8.34. The van der Waals surface area contributed by atoms with E-state index in [9.17, 15) is 4.79 Å². The number of carbonyl (C=O) groups is 1. The molecule has 0 saturated carbocycles. The molecule has 0 unspecified atom stereocenters. The first-order valence-electron chi connectivity index (χ1n) is 17.0. The zero-order valence-corrected chi connectivity index (χ0v) is 28.9. The number of carbonyl (C=O) groups excluding carboxylic acids is 1. The predicted molar refractivity (Wildman–Crippen MR) is 189 cm³/mol. The molecule has 254 valence electrons. The van der Waals surface area contributed by atoms with Crippen LogP contribution in [-0.2, 0) is 11.3 Å². The van der Waals surface area contributed by atoms with Crippen molar-refractivity contribution in [2.45, 2.75) is 85.4 Å². The van der Waals surface area contributed by atoms with Gasteiger partial charge in [0.15, 0.2) is 5.82 Å². The molecule has 0 aliphatic carbocycles. The van der Waals surface area contributed by atoms with Gasteiger partial charge in [-0.05, 0) is 95.9 Å². The van der Waals surface area contributed by atoms with Crippen molar-refractivity contribution in [3.63, 3.8) is 0 Å². The first kappa shape index (κ1) is 36.0. The fourth-order valence-electron chi connectivity index (χ4n) is 6.50. The largest absolute Gasteiger partial charge is 0.383 e. The van der Waals surface area contributed by atoms with Gasteiger partial charge in [-0.15, -0.1) is 0 Å². The second-order valence-corrected chi connectivity index (χ2v) is 12.4. The topological polar surface area (TPSA) is 76.6 Å². The summed E-state index contributed by atoms with van der Waals surface area (Å²) in [5.74, 6) is -1.12. The maximum absolute atomic E-state index is 15.2. The van der Waals surface area contributed by atoms with E-state index >= 15 is 8.78 Å². The number of aryl methyl sites for hydroxylation is 1. The molecule has 1 amide bonds. The number of aromatic nitrogens is 2. The summed E-state index contributed by atoms with van der Waals surface area (Å²) >= 11 is 0. The predicted octanol–water partition coefficient (Wildman–Crippen LogP) is 7.19. The fraction of sp³-hybridized carbons (Fsp3) is 0.486. The summed E-state index contributed by atoms with van der Waals surface area (Å²) in [6.45, 7) is 18.4. The Morgan fingerprint density at radius 3 is 2.30 bits per heavy atom. The number of nitrogens with zero attached hydrogens (tertiary/aromatic N) is 5. The quantitative estimate of drug-likeness (QED) is 0.213. The smallest absolute Gasteiger partial charge is 0.227 e. The molecular formula is C37H51F2N7O. The van der Waals surface area contributed by atoms with Crippen molar-refractivity contribution >= 4 is 29.6 Å². The molecule has 2 N–H and O–H groups in total. The van der Waals surface area contributed by atoms with Gasteiger partial charge < -0.3 is 20.4 Å². The van der Waals surface area contributed by atoms with Crippen molar-refractivity contribution in [2.75, 3.05) is 43.0 Å². The molecular weight excluding hydrogens is 596 g/mol. The Kier molecular flexibility index (Phi) is 12.8. The van der Waals surface area contributed by atoms with Crippen molar-refractivity contribution in [2.24, 2.45) is 0 Å². The maximum atomic E-state index is 15.2. The van der Waals surface area contributed by atoms with Crippen LogP contribution in [0.4, 0.5) is 26.2 Å². The number of amides is 1. The molecule has 0 bridgehead atoms. The molecule has 1 aromatic heterocycles. The lowest BCUT2D eigenvalue weighted by Gasteiger charge is -2.40. The number of anilines is 3. The van der Waals surface area contributed by atoms with Crippen LogP contribution in [0.2, 0.25) is 0 Å². The van der Waals surface area contributed by atoms with Crippen LogP contribution < -0.4 is 20.4 Å². The number of likely N-dealkylation sites (tertiary alicyclic amines) is 1. The van der Waals surface area contributed by atoms with Crippen molar-refractivity contribution < 1.29 is 13.6 Å². The van der Waals surface area contributed by atoms with Crippen LogP contribution in [0.1, 0.15) is 76.5 Å². The molecule has 5 rings (SSSR count). The Morgan fingerprint density at radius 2 is 1.70 bits per heavy atom. The number of hydrogen-bond donors (Lipinski definition) is 2. The lowest BCUT2D eigenvalue weighted by atomic mass is 9.97. The van der Waals surface area contributed by atoms with Gasteiger partial charge in [-0.1, -0.05) is 45.0 Å². The Morgan fingerprint density at radius 1 is 1.04 bits per heavy atom. The highest BCUT2D eigenvalue weighted by atomic mass is 19.1. The SMILES string of the molecule is C=C(NC(C)C)c1ccc(C)c(-c2nc(N3CCC(N4CCCCC4)CC3)nc(N(C=O)c3c(F)cccc3F)c2CNC)c1.CC. The minimum atomic E-state index is -0.851. The van der Waals surface area contributed by atoms with E-state index in [4.69, 9.17) is 9.97 Å². The minimum absolute atomic E-state index is 0.144. The minimum Gasteiger partial charge on any atom is -0.383 e. The van der Waals surface area contributed by atoms with Gasteiger partial charge >= 0.3 is 0 Å². The van der Waals surface area contributed by atoms with Gasteiger partial charge in [-0.2, -0.15) is 4.98 Å². The van der Waals surface area contributed by atoms with Crippen LogP contribution in [0.15, 0.2) is 43.0 Å². The summed E-state index contributed by atoms with van der Waals surface area (Å²) in [6, 6.07) is 10.3. The Hall–Kier alpha value is -3.89. The second kappa shape index (κ2) is 16.8. The van der Waals surface area contributed by atoms with Crippen LogP contribution in [0, 0.1) is 18.6 Å². The lowest BCUT2D eigenvalue weighted by molar-refractivity contribution is -0.106. The molecule has 0 spiro atoms. The average molecular weight is 648 g/mol. The van der Waals surface area contributed by atoms with E-state index in [1.807, 2.05) is 39.0 Å². The molecule has 3 heterocycles. The molecule has 2 aliphatic heterocycles. The van der Waals surface area contributed by atoms with Crippen molar-refractivity contribution in [1.82, 2.24) is 25.5 Å². The van der Waals surface area contributed by atoms with E-state index in [2.05, 4.69) is 40.9 Å². The van der Waals surface area contributed by atoms with Gasteiger partial charge in [0.1, 0.15) is 17.3 Å². The van der Waals surface area contributed by atoms with Gasteiger partial charge in [0.2, 0.25) is 12.4 Å². The molecule has 2 aliphatic rings. The monoisotopic (exact) mass is 647 g/mol. The number of nitrogens with one attached hydrogen (secondary N) is 2. The molecule has 0 atom stereocenters. The number of para-hydroxylation sites is 1. The number of benzene rings is 2. The fourth-order valence-corrected chi connectivity index (χ4v) is 6.50.